The van der Waals surface area contributed by atoms with Crippen LogP contribution < -0.4 is 5.32 Å². The van der Waals surface area contributed by atoms with Gasteiger partial charge in [0.2, 0.25) is 5.91 Å². The van der Waals surface area contributed by atoms with Gasteiger partial charge in [0.1, 0.15) is 6.04 Å². The van der Waals surface area contributed by atoms with E-state index in [1.165, 1.54) is 0 Å². The maximum Gasteiger partial charge on any atom is 0.249 e. The lowest BCUT2D eigenvalue weighted by atomic mass is 10.3. The van der Waals surface area contributed by atoms with E-state index in [0.717, 1.165) is 28.1 Å². The molecule has 1 amide bonds. The molecule has 0 aromatic carbocycles. The van der Waals surface area contributed by atoms with Crippen LogP contribution in [-0.2, 0) is 11.3 Å². The molecule has 0 aliphatic heterocycles. The van der Waals surface area contributed by atoms with Crippen molar-refractivity contribution in [3.8, 4) is 0 Å². The topological polar surface area (TPSA) is 64.7 Å². The van der Waals surface area contributed by atoms with Gasteiger partial charge in [-0.15, -0.1) is 0 Å². The van der Waals surface area contributed by atoms with E-state index < -0.39 is 0 Å². The van der Waals surface area contributed by atoms with Crippen molar-refractivity contribution in [3.63, 3.8) is 0 Å². The molecule has 1 N–H and O–H groups in total. The van der Waals surface area contributed by atoms with Crippen molar-refractivity contribution in [2.24, 2.45) is 0 Å². The third kappa shape index (κ3) is 2.77. The van der Waals surface area contributed by atoms with Gasteiger partial charge in [0.05, 0.1) is 27.7 Å². The Bertz CT molecular complexity index is 611. The molecule has 0 saturated carbocycles. The first-order valence-electron chi connectivity index (χ1n) is 6.48. The summed E-state index contributed by atoms with van der Waals surface area (Å²) in [7, 11) is 0. The molecule has 20 heavy (non-hydrogen) atoms. The number of nitrogens with one attached hydrogen (secondary N) is 1. The maximum absolute atomic E-state index is 12.3. The lowest BCUT2D eigenvalue weighted by Gasteiger charge is -2.12. The van der Waals surface area contributed by atoms with E-state index in [1.807, 2.05) is 38.6 Å². The Balaban J connectivity index is 2.13. The summed E-state index contributed by atoms with van der Waals surface area (Å²) in [6.07, 6.45) is 3.48. The molecular weight excluding hydrogens is 322 g/mol. The molecule has 7 heteroatoms. The molecule has 0 bridgehead atoms. The summed E-state index contributed by atoms with van der Waals surface area (Å²) in [6.45, 7) is 8.43. The second kappa shape index (κ2) is 5.78. The molecule has 2 heterocycles. The number of hydrogen-bond donors (Lipinski definition) is 1. The number of aromatic nitrogens is 4. The number of halogens is 1. The molecule has 6 nitrogen and oxygen atoms in total. The highest BCUT2D eigenvalue weighted by atomic mass is 79.9. The molecular formula is C13H18BrN5O. The van der Waals surface area contributed by atoms with Crippen LogP contribution in [-0.4, -0.2) is 25.5 Å². The van der Waals surface area contributed by atoms with Gasteiger partial charge in [-0.25, -0.2) is 0 Å². The van der Waals surface area contributed by atoms with Gasteiger partial charge in [-0.1, -0.05) is 0 Å². The van der Waals surface area contributed by atoms with Gasteiger partial charge in [0, 0.05) is 12.7 Å². The molecule has 0 spiro atoms. The third-order valence-corrected chi connectivity index (χ3v) is 4.07. The van der Waals surface area contributed by atoms with Crippen LogP contribution in [0.1, 0.15) is 31.3 Å². The Hall–Kier alpha value is -1.63. The van der Waals surface area contributed by atoms with Crippen molar-refractivity contribution < 1.29 is 4.79 Å². The SMILES string of the molecule is CCn1ncc(NC(=O)C(C)n2cc(Br)c(C)n2)c1C. The Kier molecular flexibility index (Phi) is 4.27. The van der Waals surface area contributed by atoms with Gasteiger partial charge in [0.15, 0.2) is 0 Å². The quantitative estimate of drug-likeness (QED) is 0.931. The second-order valence-electron chi connectivity index (χ2n) is 4.67. The maximum atomic E-state index is 12.3. The predicted octanol–water partition coefficient (Wildman–Crippen LogP) is 2.68. The highest BCUT2D eigenvalue weighted by molar-refractivity contribution is 9.10. The van der Waals surface area contributed by atoms with Crippen LogP contribution in [0.5, 0.6) is 0 Å². The van der Waals surface area contributed by atoms with Crippen LogP contribution in [0.15, 0.2) is 16.9 Å². The highest BCUT2D eigenvalue weighted by Gasteiger charge is 2.18. The fourth-order valence-electron chi connectivity index (χ4n) is 1.90. The fraction of sp³-hybridized carbons (Fsp3) is 0.462. The van der Waals surface area contributed by atoms with Crippen molar-refractivity contribution in [1.29, 1.82) is 0 Å². The summed E-state index contributed by atoms with van der Waals surface area (Å²) in [5.74, 6) is -0.112. The van der Waals surface area contributed by atoms with E-state index in [4.69, 9.17) is 0 Å². The fourth-order valence-corrected chi connectivity index (χ4v) is 2.19. The minimum atomic E-state index is -0.385. The van der Waals surface area contributed by atoms with Gasteiger partial charge < -0.3 is 5.32 Å². The second-order valence-corrected chi connectivity index (χ2v) is 5.52. The van der Waals surface area contributed by atoms with E-state index in [1.54, 1.807) is 10.9 Å². The molecule has 2 aromatic rings. The zero-order valence-electron chi connectivity index (χ0n) is 12.0. The van der Waals surface area contributed by atoms with Crippen molar-refractivity contribution in [3.05, 3.63) is 28.3 Å². The number of carbonyl (C=O) groups is 1. The van der Waals surface area contributed by atoms with E-state index in [9.17, 15) is 4.79 Å². The zero-order chi connectivity index (χ0) is 14.9. The first kappa shape index (κ1) is 14.8. The zero-order valence-corrected chi connectivity index (χ0v) is 13.6. The molecule has 0 saturated heterocycles. The van der Waals surface area contributed by atoms with Crippen LogP contribution in [0.3, 0.4) is 0 Å². The van der Waals surface area contributed by atoms with Gasteiger partial charge in [-0.05, 0) is 43.6 Å². The van der Waals surface area contributed by atoms with Gasteiger partial charge in [0.25, 0.3) is 0 Å². The number of hydrogen-bond acceptors (Lipinski definition) is 3. The molecule has 0 aliphatic carbocycles. The minimum absolute atomic E-state index is 0.112. The van der Waals surface area contributed by atoms with E-state index in [0.29, 0.717) is 0 Å². The molecule has 1 unspecified atom stereocenters. The number of rotatable bonds is 4. The molecule has 0 radical (unpaired) electrons. The number of nitrogens with zero attached hydrogens (tertiary/aromatic N) is 4. The first-order chi connectivity index (χ1) is 9.43. The average Bonchev–Trinajstić information content (AvgIpc) is 2.93. The number of carbonyl (C=O) groups excluding carboxylic acids is 1. The number of amides is 1. The largest absolute Gasteiger partial charge is 0.321 e. The summed E-state index contributed by atoms with van der Waals surface area (Å²) in [6, 6.07) is -0.385. The van der Waals surface area contributed by atoms with Crippen molar-refractivity contribution in [2.45, 2.75) is 40.3 Å². The first-order valence-corrected chi connectivity index (χ1v) is 7.27. The Morgan fingerprint density at radius 3 is 2.70 bits per heavy atom. The van der Waals surface area contributed by atoms with E-state index in [2.05, 4.69) is 31.4 Å². The smallest absolute Gasteiger partial charge is 0.249 e. The van der Waals surface area contributed by atoms with Crippen LogP contribution >= 0.6 is 15.9 Å². The molecule has 2 rings (SSSR count). The van der Waals surface area contributed by atoms with Crippen molar-refractivity contribution >= 4 is 27.5 Å². The summed E-state index contributed by atoms with van der Waals surface area (Å²) < 4.78 is 4.38. The standard InChI is InChI=1S/C13H18BrN5O/c1-5-18-9(3)12(6-15-18)16-13(20)10(4)19-7-11(14)8(2)17-19/h6-7,10H,5H2,1-4H3,(H,16,20). The summed E-state index contributed by atoms with van der Waals surface area (Å²) >= 11 is 3.40. The molecule has 0 aliphatic rings. The normalized spacial score (nSPS) is 12.4. The molecule has 1 atom stereocenters. The Morgan fingerprint density at radius 2 is 2.20 bits per heavy atom. The van der Waals surface area contributed by atoms with Crippen LogP contribution in [0.25, 0.3) is 0 Å². The van der Waals surface area contributed by atoms with Crippen LogP contribution in [0.4, 0.5) is 5.69 Å². The summed E-state index contributed by atoms with van der Waals surface area (Å²) in [5, 5.41) is 11.4. The number of anilines is 1. The van der Waals surface area contributed by atoms with Gasteiger partial charge >= 0.3 is 0 Å². The van der Waals surface area contributed by atoms with E-state index >= 15 is 0 Å². The van der Waals surface area contributed by atoms with Crippen molar-refractivity contribution in [1.82, 2.24) is 19.6 Å². The Labute approximate surface area is 126 Å². The minimum Gasteiger partial charge on any atom is -0.321 e. The van der Waals surface area contributed by atoms with Crippen molar-refractivity contribution in [2.75, 3.05) is 5.32 Å². The van der Waals surface area contributed by atoms with Gasteiger partial charge in [-0.3, -0.25) is 14.2 Å². The van der Waals surface area contributed by atoms with Crippen LogP contribution in [0, 0.1) is 13.8 Å². The monoisotopic (exact) mass is 339 g/mol. The average molecular weight is 340 g/mol. The summed E-state index contributed by atoms with van der Waals surface area (Å²) in [5.41, 5.74) is 2.55. The van der Waals surface area contributed by atoms with Gasteiger partial charge in [-0.2, -0.15) is 10.2 Å². The molecule has 108 valence electrons. The predicted molar refractivity (Wildman–Crippen MR) is 80.6 cm³/mol. The summed E-state index contributed by atoms with van der Waals surface area (Å²) in [4.78, 5) is 12.3. The number of aryl methyl sites for hydroxylation is 2. The molecule has 0 fully saturated rings. The third-order valence-electron chi connectivity index (χ3n) is 3.29. The lowest BCUT2D eigenvalue weighted by molar-refractivity contribution is -0.119. The Morgan fingerprint density at radius 1 is 1.50 bits per heavy atom. The molecule has 2 aromatic heterocycles. The lowest BCUT2D eigenvalue weighted by Crippen LogP contribution is -2.24. The van der Waals surface area contributed by atoms with Crippen LogP contribution in [0.2, 0.25) is 0 Å². The van der Waals surface area contributed by atoms with E-state index in [-0.39, 0.29) is 11.9 Å². The highest BCUT2D eigenvalue weighted by Crippen LogP contribution is 2.19.